The third-order valence-corrected chi connectivity index (χ3v) is 4.80. The summed E-state index contributed by atoms with van der Waals surface area (Å²) in [6.45, 7) is 1.53. The van der Waals surface area contributed by atoms with Gasteiger partial charge >= 0.3 is 5.97 Å². The number of nitro groups is 1. The predicted molar refractivity (Wildman–Crippen MR) is 96.0 cm³/mol. The molecule has 2 rings (SSSR count). The van der Waals surface area contributed by atoms with E-state index < -0.39 is 10.9 Å². The van der Waals surface area contributed by atoms with Gasteiger partial charge in [-0.25, -0.2) is 4.79 Å². The first-order chi connectivity index (χ1) is 11.8. The van der Waals surface area contributed by atoms with Gasteiger partial charge in [-0.2, -0.15) is 0 Å². The van der Waals surface area contributed by atoms with Gasteiger partial charge in [-0.1, -0.05) is 0 Å². The lowest BCUT2D eigenvalue weighted by atomic mass is 10.0. The summed E-state index contributed by atoms with van der Waals surface area (Å²) in [5, 5.41) is 20.5. The first kappa shape index (κ1) is 18.8. The number of rotatable bonds is 8. The number of non-ortho nitro benzene ring substituents is 1. The van der Waals surface area contributed by atoms with Gasteiger partial charge in [-0.3, -0.25) is 15.0 Å². The SMILES string of the molecule is COCCN(C)Cc1c(-c2ccc([N+](=O)[O-])cc2)sc(N)c1C(=O)O. The number of methoxy groups -OCH3 is 1. The molecule has 0 spiro atoms. The third-order valence-electron chi connectivity index (χ3n) is 3.69. The van der Waals surface area contributed by atoms with Crippen molar-refractivity contribution in [2.75, 3.05) is 33.0 Å². The smallest absolute Gasteiger partial charge is 0.339 e. The van der Waals surface area contributed by atoms with E-state index in [1.54, 1.807) is 19.2 Å². The highest BCUT2D eigenvalue weighted by molar-refractivity contribution is 7.19. The second kappa shape index (κ2) is 8.06. The highest BCUT2D eigenvalue weighted by Crippen LogP contribution is 2.39. The van der Waals surface area contributed by atoms with E-state index in [0.29, 0.717) is 35.7 Å². The molecule has 134 valence electrons. The fraction of sp³-hybridized carbons (Fsp3) is 0.312. The quantitative estimate of drug-likeness (QED) is 0.545. The standard InChI is InChI=1S/C16H19N3O5S/c1-18(7-8-24-2)9-12-13(16(20)21)15(17)25-14(12)10-3-5-11(6-4-10)19(22)23/h3-6H,7-9,17H2,1-2H3,(H,20,21). The zero-order chi connectivity index (χ0) is 18.6. The minimum absolute atomic E-state index is 0.0227. The lowest BCUT2D eigenvalue weighted by Gasteiger charge is -2.17. The summed E-state index contributed by atoms with van der Waals surface area (Å²) >= 11 is 1.17. The van der Waals surface area contributed by atoms with Crippen LogP contribution in [0.15, 0.2) is 24.3 Å². The number of thiophene rings is 1. The van der Waals surface area contributed by atoms with Crippen LogP contribution < -0.4 is 5.73 Å². The van der Waals surface area contributed by atoms with Crippen molar-refractivity contribution in [1.82, 2.24) is 4.90 Å². The summed E-state index contributed by atoms with van der Waals surface area (Å²) in [6, 6.07) is 6.00. The first-order valence-electron chi connectivity index (χ1n) is 7.41. The zero-order valence-corrected chi connectivity index (χ0v) is 14.7. The summed E-state index contributed by atoms with van der Waals surface area (Å²) in [4.78, 5) is 24.6. The van der Waals surface area contributed by atoms with Gasteiger partial charge < -0.3 is 15.6 Å². The molecule has 0 aliphatic rings. The average molecular weight is 365 g/mol. The molecule has 0 unspecified atom stereocenters. The number of aromatic carboxylic acids is 1. The molecule has 0 aliphatic heterocycles. The van der Waals surface area contributed by atoms with Crippen LogP contribution in [0.1, 0.15) is 15.9 Å². The number of carbonyl (C=O) groups is 1. The normalized spacial score (nSPS) is 11.0. The fourth-order valence-corrected chi connectivity index (χ4v) is 3.51. The van der Waals surface area contributed by atoms with Crippen molar-refractivity contribution in [2.45, 2.75) is 6.54 Å². The predicted octanol–water partition coefficient (Wildman–Crippen LogP) is 2.68. The Labute approximate surface area is 148 Å². The van der Waals surface area contributed by atoms with Crippen LogP contribution in [0.4, 0.5) is 10.7 Å². The number of hydrogen-bond acceptors (Lipinski definition) is 7. The maximum absolute atomic E-state index is 11.6. The molecule has 0 atom stereocenters. The lowest BCUT2D eigenvalue weighted by molar-refractivity contribution is -0.384. The number of ether oxygens (including phenoxy) is 1. The van der Waals surface area contributed by atoms with Gasteiger partial charge in [0.05, 0.1) is 17.1 Å². The van der Waals surface area contributed by atoms with E-state index >= 15 is 0 Å². The summed E-state index contributed by atoms with van der Waals surface area (Å²) in [7, 11) is 3.46. The number of carboxylic acid groups (broad SMARTS) is 1. The van der Waals surface area contributed by atoms with Crippen LogP contribution in [-0.2, 0) is 11.3 Å². The molecule has 9 heteroatoms. The van der Waals surface area contributed by atoms with Crippen LogP contribution in [0, 0.1) is 10.1 Å². The van der Waals surface area contributed by atoms with Crippen LogP contribution in [0.3, 0.4) is 0 Å². The second-order valence-corrected chi connectivity index (χ2v) is 6.54. The first-order valence-corrected chi connectivity index (χ1v) is 8.23. The van der Waals surface area contributed by atoms with Crippen molar-refractivity contribution in [3.8, 4) is 10.4 Å². The Morgan fingerprint density at radius 1 is 1.40 bits per heavy atom. The summed E-state index contributed by atoms with van der Waals surface area (Å²) < 4.78 is 5.04. The lowest BCUT2D eigenvalue weighted by Crippen LogP contribution is -2.23. The maximum atomic E-state index is 11.6. The van der Waals surface area contributed by atoms with Gasteiger partial charge in [-0.15, -0.1) is 11.3 Å². The van der Waals surface area contributed by atoms with Crippen molar-refractivity contribution in [3.63, 3.8) is 0 Å². The number of benzene rings is 1. The Kier molecular flexibility index (Phi) is 6.07. The number of likely N-dealkylation sites (N-methyl/N-ethyl adjacent to an activating group) is 1. The van der Waals surface area contributed by atoms with Gasteiger partial charge in [0.1, 0.15) is 5.00 Å². The second-order valence-electron chi connectivity index (χ2n) is 5.49. The fourth-order valence-electron chi connectivity index (χ4n) is 2.43. The van der Waals surface area contributed by atoms with Gasteiger partial charge in [0.15, 0.2) is 0 Å². The molecule has 0 aliphatic carbocycles. The van der Waals surface area contributed by atoms with E-state index in [4.69, 9.17) is 10.5 Å². The molecule has 0 amide bonds. The van der Waals surface area contributed by atoms with Crippen molar-refractivity contribution in [1.29, 1.82) is 0 Å². The molecular formula is C16H19N3O5S. The molecule has 1 aromatic heterocycles. The number of nitrogens with two attached hydrogens (primary N) is 1. The molecule has 3 N–H and O–H groups in total. The number of hydrogen-bond donors (Lipinski definition) is 2. The molecule has 0 saturated heterocycles. The Bertz CT molecular complexity index is 773. The summed E-state index contributed by atoms with van der Waals surface area (Å²) in [6.07, 6.45) is 0. The summed E-state index contributed by atoms with van der Waals surface area (Å²) in [5.41, 5.74) is 7.28. The van der Waals surface area contributed by atoms with Crippen molar-refractivity contribution < 1.29 is 19.6 Å². The van der Waals surface area contributed by atoms with E-state index in [0.717, 1.165) is 0 Å². The number of nitro benzene ring substituents is 1. The Balaban J connectivity index is 2.44. The Hall–Kier alpha value is -2.49. The zero-order valence-electron chi connectivity index (χ0n) is 13.9. The van der Waals surface area contributed by atoms with Gasteiger partial charge in [-0.05, 0) is 24.7 Å². The van der Waals surface area contributed by atoms with Crippen molar-refractivity contribution in [2.24, 2.45) is 0 Å². The monoisotopic (exact) mass is 365 g/mol. The van der Waals surface area contributed by atoms with Crippen molar-refractivity contribution in [3.05, 3.63) is 45.5 Å². The van der Waals surface area contributed by atoms with E-state index in [2.05, 4.69) is 0 Å². The highest BCUT2D eigenvalue weighted by atomic mass is 32.1. The molecule has 0 radical (unpaired) electrons. The molecule has 0 bridgehead atoms. The summed E-state index contributed by atoms with van der Waals surface area (Å²) in [5.74, 6) is -1.09. The minimum Gasteiger partial charge on any atom is -0.478 e. The number of nitrogen functional groups attached to an aromatic ring is 1. The molecule has 0 fully saturated rings. The molecule has 1 heterocycles. The van der Waals surface area contributed by atoms with Gasteiger partial charge in [0, 0.05) is 42.8 Å². The van der Waals surface area contributed by atoms with Crippen LogP contribution in [0.25, 0.3) is 10.4 Å². The Morgan fingerprint density at radius 2 is 2.04 bits per heavy atom. The molecule has 1 aromatic carbocycles. The van der Waals surface area contributed by atoms with E-state index in [9.17, 15) is 20.0 Å². The average Bonchev–Trinajstić information content (AvgIpc) is 2.89. The van der Waals surface area contributed by atoms with E-state index in [-0.39, 0.29) is 16.3 Å². The third kappa shape index (κ3) is 4.32. The molecule has 25 heavy (non-hydrogen) atoms. The number of nitrogens with zero attached hydrogens (tertiary/aromatic N) is 2. The van der Waals surface area contributed by atoms with Gasteiger partial charge in [0.25, 0.3) is 5.69 Å². The van der Waals surface area contributed by atoms with Crippen LogP contribution in [0.2, 0.25) is 0 Å². The van der Waals surface area contributed by atoms with Gasteiger partial charge in [0.2, 0.25) is 0 Å². The number of carboxylic acids is 1. The molecule has 2 aromatic rings. The minimum atomic E-state index is -1.09. The highest BCUT2D eigenvalue weighted by Gasteiger charge is 2.24. The van der Waals surface area contributed by atoms with Crippen molar-refractivity contribution >= 4 is 28.0 Å². The van der Waals surface area contributed by atoms with Crippen LogP contribution in [-0.4, -0.2) is 48.2 Å². The molecule has 8 nitrogen and oxygen atoms in total. The molecular weight excluding hydrogens is 346 g/mol. The largest absolute Gasteiger partial charge is 0.478 e. The maximum Gasteiger partial charge on any atom is 0.339 e. The molecule has 0 saturated carbocycles. The van der Waals surface area contributed by atoms with E-state index in [1.165, 1.54) is 23.5 Å². The van der Waals surface area contributed by atoms with E-state index in [1.807, 2.05) is 11.9 Å². The Morgan fingerprint density at radius 3 is 2.56 bits per heavy atom. The van der Waals surface area contributed by atoms with Crippen LogP contribution >= 0.6 is 11.3 Å². The van der Waals surface area contributed by atoms with Crippen LogP contribution in [0.5, 0.6) is 0 Å². The topological polar surface area (TPSA) is 119 Å². The number of anilines is 1.